The number of hydrogen-bond acceptors (Lipinski definition) is 5. The second-order valence-electron chi connectivity index (χ2n) is 4.20. The van der Waals surface area contributed by atoms with E-state index in [1.54, 1.807) is 12.1 Å². The van der Waals surface area contributed by atoms with Crippen molar-refractivity contribution in [3.63, 3.8) is 0 Å². The summed E-state index contributed by atoms with van der Waals surface area (Å²) in [5.74, 6) is 1.04. The molecule has 1 aromatic carbocycles. The molecule has 5 nitrogen and oxygen atoms in total. The van der Waals surface area contributed by atoms with Gasteiger partial charge in [-0.1, -0.05) is 12.1 Å². The Labute approximate surface area is 139 Å². The van der Waals surface area contributed by atoms with Gasteiger partial charge in [0.15, 0.2) is 5.70 Å². The van der Waals surface area contributed by atoms with Crippen molar-refractivity contribution in [3.05, 3.63) is 41.2 Å². The minimum Gasteiger partial charge on any atom is -0.388 e. The molecule has 114 valence electrons. The molecule has 0 radical (unpaired) electrons. The van der Waals surface area contributed by atoms with Gasteiger partial charge in [-0.05, 0) is 17.7 Å². The van der Waals surface area contributed by atoms with Gasteiger partial charge in [0.05, 0.1) is 0 Å². The van der Waals surface area contributed by atoms with Crippen LogP contribution in [-0.2, 0) is 0 Å². The lowest BCUT2D eigenvalue weighted by Crippen LogP contribution is -2.27. The highest BCUT2D eigenvalue weighted by molar-refractivity contribution is 6.18. The first kappa shape index (κ1) is 17.8. The van der Waals surface area contributed by atoms with Crippen LogP contribution >= 0.6 is 23.2 Å². The van der Waals surface area contributed by atoms with Gasteiger partial charge in [-0.25, -0.2) is 4.99 Å². The number of hydrogen-bond donors (Lipinski definition) is 1. The van der Waals surface area contributed by atoms with Crippen molar-refractivity contribution in [1.29, 1.82) is 10.5 Å². The third kappa shape index (κ3) is 5.29. The first-order valence-corrected chi connectivity index (χ1v) is 7.54. The zero-order valence-corrected chi connectivity index (χ0v) is 13.3. The van der Waals surface area contributed by atoms with Crippen molar-refractivity contribution in [2.24, 2.45) is 10.7 Å². The number of nitriles is 2. The Balaban J connectivity index is 2.89. The zero-order valence-electron chi connectivity index (χ0n) is 11.8. The highest BCUT2D eigenvalue weighted by atomic mass is 35.5. The second kappa shape index (κ2) is 9.68. The number of aliphatic imine (C=N–C) groups is 1. The van der Waals surface area contributed by atoms with E-state index in [4.69, 9.17) is 39.5 Å². The van der Waals surface area contributed by atoms with Gasteiger partial charge in [0.25, 0.3) is 0 Å². The lowest BCUT2D eigenvalue weighted by Gasteiger charge is -2.22. The number of alkyl halides is 2. The van der Waals surface area contributed by atoms with E-state index in [2.05, 4.69) is 9.89 Å². The summed E-state index contributed by atoms with van der Waals surface area (Å²) < 4.78 is 0. The Hall–Kier alpha value is -2.21. The quantitative estimate of drug-likeness (QED) is 0.471. The second-order valence-corrected chi connectivity index (χ2v) is 4.96. The minimum absolute atomic E-state index is 0.0996. The fourth-order valence-electron chi connectivity index (χ4n) is 1.70. The van der Waals surface area contributed by atoms with Gasteiger partial charge < -0.3 is 10.6 Å². The summed E-state index contributed by atoms with van der Waals surface area (Å²) in [4.78, 5) is 6.00. The predicted molar refractivity (Wildman–Crippen MR) is 90.1 cm³/mol. The Kier molecular flexibility index (Phi) is 7.85. The van der Waals surface area contributed by atoms with Gasteiger partial charge in [-0.3, -0.25) is 0 Å². The van der Waals surface area contributed by atoms with E-state index in [0.717, 1.165) is 11.3 Å². The summed E-state index contributed by atoms with van der Waals surface area (Å²) in [6.07, 6.45) is 1.49. The van der Waals surface area contributed by atoms with Gasteiger partial charge in [-0.2, -0.15) is 10.5 Å². The highest BCUT2D eigenvalue weighted by Gasteiger charge is 2.05. The summed E-state index contributed by atoms with van der Waals surface area (Å²) >= 11 is 11.6. The fourth-order valence-corrected chi connectivity index (χ4v) is 2.10. The van der Waals surface area contributed by atoms with Crippen molar-refractivity contribution >= 4 is 35.1 Å². The van der Waals surface area contributed by atoms with Crippen molar-refractivity contribution in [2.45, 2.75) is 0 Å². The molecular weight excluding hydrogens is 321 g/mol. The smallest absolute Gasteiger partial charge is 0.174 e. The van der Waals surface area contributed by atoms with Crippen molar-refractivity contribution in [1.82, 2.24) is 0 Å². The number of halogens is 2. The van der Waals surface area contributed by atoms with E-state index in [-0.39, 0.29) is 11.4 Å². The molecule has 0 unspecified atom stereocenters. The molecule has 0 aliphatic heterocycles. The van der Waals surface area contributed by atoms with Crippen LogP contribution in [0.25, 0.3) is 0 Å². The Bertz CT molecular complexity index is 617. The van der Waals surface area contributed by atoms with E-state index in [0.29, 0.717) is 24.8 Å². The van der Waals surface area contributed by atoms with Gasteiger partial charge in [0, 0.05) is 36.8 Å². The van der Waals surface area contributed by atoms with E-state index in [1.807, 2.05) is 24.3 Å². The molecule has 0 atom stereocenters. The predicted octanol–water partition coefficient (Wildman–Crippen LogP) is 2.61. The molecular formula is C15H15Cl2N5. The average Bonchev–Trinajstić information content (AvgIpc) is 2.55. The molecule has 0 heterocycles. The number of nitrogens with two attached hydrogens (primary N) is 1. The van der Waals surface area contributed by atoms with Crippen molar-refractivity contribution < 1.29 is 0 Å². The summed E-state index contributed by atoms with van der Waals surface area (Å²) in [5, 5.41) is 17.5. The lowest BCUT2D eigenvalue weighted by molar-refractivity contribution is 0.874. The summed E-state index contributed by atoms with van der Waals surface area (Å²) in [7, 11) is 0. The Morgan fingerprint density at radius 3 is 2.18 bits per heavy atom. The maximum absolute atomic E-state index is 8.86. The van der Waals surface area contributed by atoms with Crippen LogP contribution in [0.3, 0.4) is 0 Å². The highest BCUT2D eigenvalue weighted by Crippen LogP contribution is 2.15. The van der Waals surface area contributed by atoms with Crippen LogP contribution < -0.4 is 10.6 Å². The maximum Gasteiger partial charge on any atom is 0.174 e. The third-order valence-corrected chi connectivity index (χ3v) is 3.13. The Morgan fingerprint density at radius 1 is 1.14 bits per heavy atom. The topological polar surface area (TPSA) is 89.2 Å². The normalized spacial score (nSPS) is 11.6. The Morgan fingerprint density at radius 2 is 1.73 bits per heavy atom. The molecule has 1 rings (SSSR count). The van der Waals surface area contributed by atoms with Gasteiger partial charge in [0.2, 0.25) is 0 Å². The maximum atomic E-state index is 8.86. The van der Waals surface area contributed by atoms with Gasteiger partial charge in [-0.15, -0.1) is 23.2 Å². The SMILES string of the molecule is N#C/C(N)=C(\C#N)N=Cc1ccc(N(CCCl)CCCl)cc1. The van der Waals surface area contributed by atoms with Crippen LogP contribution in [0, 0.1) is 22.7 Å². The average molecular weight is 336 g/mol. The molecule has 0 aliphatic carbocycles. The van der Waals surface area contributed by atoms with E-state index in [1.165, 1.54) is 6.21 Å². The zero-order chi connectivity index (χ0) is 16.4. The molecule has 7 heteroatoms. The standard InChI is InChI=1S/C15H15Cl2N5/c16-5-7-22(8-6-17)13-3-1-12(2-4-13)11-21-15(10-19)14(20)9-18/h1-4,11H,5-8,20H2/b15-14-,21-11?. The molecule has 1 aromatic rings. The number of allylic oxidation sites excluding steroid dienone is 2. The first-order valence-electron chi connectivity index (χ1n) is 6.47. The molecule has 0 amide bonds. The largest absolute Gasteiger partial charge is 0.388 e. The molecule has 2 N–H and O–H groups in total. The first-order chi connectivity index (χ1) is 10.7. The van der Waals surface area contributed by atoms with Crippen LogP contribution in [-0.4, -0.2) is 31.1 Å². The molecule has 0 spiro atoms. The van der Waals surface area contributed by atoms with Crippen LogP contribution in [0.5, 0.6) is 0 Å². The number of benzene rings is 1. The molecule has 0 fully saturated rings. The third-order valence-electron chi connectivity index (χ3n) is 2.79. The van der Waals surface area contributed by atoms with Crippen molar-refractivity contribution in [2.75, 3.05) is 29.7 Å². The van der Waals surface area contributed by atoms with E-state index in [9.17, 15) is 0 Å². The van der Waals surface area contributed by atoms with Crippen LogP contribution in [0.4, 0.5) is 5.69 Å². The summed E-state index contributed by atoms with van der Waals surface area (Å²) in [5.41, 5.74) is 6.87. The number of rotatable bonds is 7. The fraction of sp³-hybridized carbons (Fsp3) is 0.267. The van der Waals surface area contributed by atoms with Gasteiger partial charge in [0.1, 0.15) is 17.8 Å². The lowest BCUT2D eigenvalue weighted by atomic mass is 10.2. The molecule has 0 bridgehead atoms. The van der Waals surface area contributed by atoms with Crippen molar-refractivity contribution in [3.8, 4) is 12.1 Å². The molecule has 0 saturated heterocycles. The molecule has 22 heavy (non-hydrogen) atoms. The number of nitrogens with zero attached hydrogens (tertiary/aromatic N) is 4. The molecule has 0 aromatic heterocycles. The molecule has 0 aliphatic rings. The van der Waals surface area contributed by atoms with Gasteiger partial charge >= 0.3 is 0 Å². The van der Waals surface area contributed by atoms with E-state index < -0.39 is 0 Å². The van der Waals surface area contributed by atoms with Crippen LogP contribution in [0.1, 0.15) is 5.56 Å². The monoisotopic (exact) mass is 335 g/mol. The van der Waals surface area contributed by atoms with E-state index >= 15 is 0 Å². The summed E-state index contributed by atoms with van der Waals surface area (Å²) in [6.45, 7) is 1.42. The number of anilines is 1. The van der Waals surface area contributed by atoms with Crippen LogP contribution in [0.2, 0.25) is 0 Å². The van der Waals surface area contributed by atoms with Crippen LogP contribution in [0.15, 0.2) is 40.7 Å². The summed E-state index contributed by atoms with van der Waals surface area (Å²) in [6, 6.07) is 11.0. The molecule has 0 saturated carbocycles. The minimum atomic E-state index is -0.203.